The van der Waals surface area contributed by atoms with Crippen LogP contribution in [0, 0.1) is 23.2 Å². The van der Waals surface area contributed by atoms with Gasteiger partial charge in [-0.25, -0.2) is 4.79 Å². The van der Waals surface area contributed by atoms with Gasteiger partial charge in [-0.1, -0.05) is 19.9 Å². The van der Waals surface area contributed by atoms with E-state index >= 15 is 0 Å². The first-order valence-corrected chi connectivity index (χ1v) is 11.5. The zero-order valence-electron chi connectivity index (χ0n) is 18.6. The first-order valence-electron chi connectivity index (χ1n) is 10.7. The van der Waals surface area contributed by atoms with Crippen LogP contribution in [0.2, 0.25) is 0 Å². The van der Waals surface area contributed by atoms with Gasteiger partial charge < -0.3 is 15.0 Å². The number of carbonyl (C=O) groups excluding carboxylic acids is 2. The van der Waals surface area contributed by atoms with Gasteiger partial charge in [0.1, 0.15) is 11.1 Å². The molecule has 8 heteroatoms. The summed E-state index contributed by atoms with van der Waals surface area (Å²) in [6.07, 6.45) is 8.47. The highest BCUT2D eigenvalue weighted by Gasteiger charge is 2.27. The molecule has 1 atom stereocenters. The van der Waals surface area contributed by atoms with Gasteiger partial charge in [-0.05, 0) is 54.4 Å². The summed E-state index contributed by atoms with van der Waals surface area (Å²) in [5.74, 6) is 0.300. The molecule has 0 fully saturated rings. The number of hydrogen-bond acceptors (Lipinski definition) is 6. The second-order valence-corrected chi connectivity index (χ2v) is 9.49. The maximum Gasteiger partial charge on any atom is 0.409 e. The van der Waals surface area contributed by atoms with Crippen LogP contribution < -0.4 is 5.32 Å². The van der Waals surface area contributed by atoms with Crippen molar-refractivity contribution in [2.45, 2.75) is 33.1 Å². The molecule has 32 heavy (non-hydrogen) atoms. The van der Waals surface area contributed by atoms with Crippen molar-refractivity contribution >= 4 is 34.4 Å². The van der Waals surface area contributed by atoms with Crippen LogP contribution in [0.4, 0.5) is 9.80 Å². The number of pyridine rings is 1. The SMILES string of the molecule is CC(C)CN(C)C(=O)OCC1CCc2c(sc(NC(=O)C=Cc3cccnc3)c2C#N)C1. The molecule has 0 bridgehead atoms. The van der Waals surface area contributed by atoms with E-state index in [0.717, 1.165) is 35.3 Å². The van der Waals surface area contributed by atoms with Gasteiger partial charge >= 0.3 is 6.09 Å². The zero-order chi connectivity index (χ0) is 23.1. The van der Waals surface area contributed by atoms with Crippen LogP contribution >= 0.6 is 11.3 Å². The van der Waals surface area contributed by atoms with Crippen molar-refractivity contribution in [1.29, 1.82) is 5.26 Å². The van der Waals surface area contributed by atoms with Gasteiger partial charge in [0.15, 0.2) is 0 Å². The van der Waals surface area contributed by atoms with Crippen molar-refractivity contribution in [3.05, 3.63) is 52.2 Å². The molecular formula is C24H28N4O3S. The average molecular weight is 453 g/mol. The highest BCUT2D eigenvalue weighted by atomic mass is 32.1. The lowest BCUT2D eigenvalue weighted by molar-refractivity contribution is -0.111. The Morgan fingerprint density at radius 1 is 1.47 bits per heavy atom. The van der Waals surface area contributed by atoms with Gasteiger partial charge in [0.05, 0.1) is 12.2 Å². The van der Waals surface area contributed by atoms with E-state index in [1.54, 1.807) is 36.5 Å². The minimum atomic E-state index is -0.304. The van der Waals surface area contributed by atoms with Crippen LogP contribution in [0.5, 0.6) is 0 Å². The number of anilines is 1. The van der Waals surface area contributed by atoms with E-state index < -0.39 is 0 Å². The fourth-order valence-corrected chi connectivity index (χ4v) is 5.04. The second kappa shape index (κ2) is 10.9. The number of nitrogens with one attached hydrogen (secondary N) is 1. The highest BCUT2D eigenvalue weighted by molar-refractivity contribution is 7.16. The number of nitriles is 1. The van der Waals surface area contributed by atoms with Crippen LogP contribution in [0.25, 0.3) is 6.08 Å². The van der Waals surface area contributed by atoms with Gasteiger partial charge in [-0.3, -0.25) is 9.78 Å². The van der Waals surface area contributed by atoms with Gasteiger partial charge in [-0.15, -0.1) is 11.3 Å². The van der Waals surface area contributed by atoms with E-state index in [0.29, 0.717) is 29.6 Å². The molecule has 0 spiro atoms. The molecule has 2 aromatic rings. The Hall–Kier alpha value is -3.18. The minimum Gasteiger partial charge on any atom is -0.449 e. The van der Waals surface area contributed by atoms with E-state index in [1.807, 2.05) is 6.07 Å². The largest absolute Gasteiger partial charge is 0.449 e. The molecule has 2 heterocycles. The summed E-state index contributed by atoms with van der Waals surface area (Å²) in [5, 5.41) is 13.1. The molecule has 3 rings (SSSR count). The fourth-order valence-electron chi connectivity index (χ4n) is 3.72. The Labute approximate surface area is 192 Å². The monoisotopic (exact) mass is 452 g/mol. The molecule has 7 nitrogen and oxygen atoms in total. The lowest BCUT2D eigenvalue weighted by Crippen LogP contribution is -2.32. The van der Waals surface area contributed by atoms with Crippen LogP contribution in [-0.2, 0) is 22.4 Å². The summed E-state index contributed by atoms with van der Waals surface area (Å²) in [6.45, 7) is 5.13. The van der Waals surface area contributed by atoms with Crippen molar-refractivity contribution in [2.24, 2.45) is 11.8 Å². The van der Waals surface area contributed by atoms with Crippen molar-refractivity contribution in [3.8, 4) is 6.07 Å². The number of fused-ring (bicyclic) bond motifs is 1. The Kier molecular flexibility index (Phi) is 8.01. The average Bonchev–Trinajstić information content (AvgIpc) is 3.12. The maximum absolute atomic E-state index is 12.4. The molecule has 1 unspecified atom stereocenters. The minimum absolute atomic E-state index is 0.207. The molecule has 0 radical (unpaired) electrons. The van der Waals surface area contributed by atoms with Crippen LogP contribution in [-0.4, -0.2) is 42.1 Å². The first-order chi connectivity index (χ1) is 15.4. The predicted octanol–water partition coefficient (Wildman–Crippen LogP) is 4.50. The summed E-state index contributed by atoms with van der Waals surface area (Å²) in [5.41, 5.74) is 2.37. The van der Waals surface area contributed by atoms with E-state index in [1.165, 1.54) is 17.4 Å². The summed E-state index contributed by atoms with van der Waals surface area (Å²) < 4.78 is 5.50. The Balaban J connectivity index is 1.60. The van der Waals surface area contributed by atoms with Crippen LogP contribution in [0.1, 0.15) is 41.8 Å². The van der Waals surface area contributed by atoms with E-state index in [9.17, 15) is 14.9 Å². The number of ether oxygens (including phenoxy) is 1. The number of carbonyl (C=O) groups is 2. The zero-order valence-corrected chi connectivity index (χ0v) is 19.4. The Morgan fingerprint density at radius 3 is 2.97 bits per heavy atom. The Morgan fingerprint density at radius 2 is 2.28 bits per heavy atom. The third-order valence-corrected chi connectivity index (χ3v) is 6.39. The van der Waals surface area contributed by atoms with Gasteiger partial charge in [0.2, 0.25) is 5.91 Å². The topological polar surface area (TPSA) is 95.3 Å². The first kappa shape index (κ1) is 23.5. The van der Waals surface area contributed by atoms with E-state index in [4.69, 9.17) is 4.74 Å². The lowest BCUT2D eigenvalue weighted by atomic mass is 9.88. The smallest absolute Gasteiger partial charge is 0.409 e. The highest BCUT2D eigenvalue weighted by Crippen LogP contribution is 2.39. The van der Waals surface area contributed by atoms with Crippen molar-refractivity contribution in [2.75, 3.05) is 25.5 Å². The van der Waals surface area contributed by atoms with Gasteiger partial charge in [-0.2, -0.15) is 5.26 Å². The molecule has 1 aliphatic rings. The number of nitrogens with zero attached hydrogens (tertiary/aromatic N) is 3. The van der Waals surface area contributed by atoms with Crippen molar-refractivity contribution in [3.63, 3.8) is 0 Å². The van der Waals surface area contributed by atoms with E-state index in [-0.39, 0.29) is 17.9 Å². The van der Waals surface area contributed by atoms with Gasteiger partial charge in [0, 0.05) is 36.9 Å². The summed E-state index contributed by atoms with van der Waals surface area (Å²) >= 11 is 1.44. The number of rotatable bonds is 7. The lowest BCUT2D eigenvalue weighted by Gasteiger charge is -2.24. The van der Waals surface area contributed by atoms with E-state index in [2.05, 4.69) is 30.2 Å². The number of thiophene rings is 1. The summed E-state index contributed by atoms with van der Waals surface area (Å²) in [6, 6.07) is 5.91. The molecule has 0 aromatic carbocycles. The summed E-state index contributed by atoms with van der Waals surface area (Å²) in [4.78, 5) is 31.2. The standard InChI is InChI=1S/C24H28N4O3S/c1-16(2)14-28(3)24(30)31-15-18-6-8-19-20(12-25)23(32-21(19)11-18)27-22(29)9-7-17-5-4-10-26-13-17/h4-5,7,9-10,13,16,18H,6,8,11,14-15H2,1-3H3,(H,27,29). The van der Waals surface area contributed by atoms with Crippen LogP contribution in [0.15, 0.2) is 30.6 Å². The second-order valence-electron chi connectivity index (χ2n) is 8.39. The third-order valence-electron chi connectivity index (χ3n) is 5.22. The molecule has 1 aliphatic carbocycles. The maximum atomic E-state index is 12.4. The molecule has 2 aromatic heterocycles. The molecule has 0 aliphatic heterocycles. The molecular weight excluding hydrogens is 424 g/mol. The Bertz CT molecular complexity index is 1020. The molecule has 1 N–H and O–H groups in total. The number of amides is 2. The van der Waals surface area contributed by atoms with Crippen molar-refractivity contribution in [1.82, 2.24) is 9.88 Å². The molecule has 0 saturated carbocycles. The van der Waals surface area contributed by atoms with Crippen LogP contribution in [0.3, 0.4) is 0 Å². The third kappa shape index (κ3) is 6.17. The summed E-state index contributed by atoms with van der Waals surface area (Å²) in [7, 11) is 1.75. The fraction of sp³-hybridized carbons (Fsp3) is 0.417. The molecule has 2 amide bonds. The quantitative estimate of drug-likeness (QED) is 0.624. The van der Waals surface area contributed by atoms with Crippen molar-refractivity contribution < 1.29 is 14.3 Å². The number of hydrogen-bond donors (Lipinski definition) is 1. The molecule has 168 valence electrons. The predicted molar refractivity (Wildman–Crippen MR) is 125 cm³/mol. The van der Waals surface area contributed by atoms with Gasteiger partial charge in [0.25, 0.3) is 0 Å². The number of aromatic nitrogens is 1. The normalized spacial score (nSPS) is 15.3. The molecule has 0 saturated heterocycles.